The summed E-state index contributed by atoms with van der Waals surface area (Å²) in [6.45, 7) is 4.41. The van der Waals surface area contributed by atoms with Crippen LogP contribution in [0.1, 0.15) is 51.6 Å². The first kappa shape index (κ1) is 14.9. The Morgan fingerprint density at radius 3 is 2.83 bits per heavy atom. The normalized spacial score (nSPS) is 12.1. The summed E-state index contributed by atoms with van der Waals surface area (Å²) in [7, 11) is 0. The average molecular weight is 265 g/mol. The van der Waals surface area contributed by atoms with Crippen LogP contribution in [0.25, 0.3) is 0 Å². The molecule has 1 aromatic heterocycles. The van der Waals surface area contributed by atoms with Crippen molar-refractivity contribution >= 4 is 23.0 Å². The largest absolute Gasteiger partial charge is 0.388 e. The number of nitrogens with one attached hydrogen (secondary N) is 1. The zero-order valence-electron chi connectivity index (χ0n) is 11.3. The van der Waals surface area contributed by atoms with Crippen molar-refractivity contribution in [2.45, 2.75) is 52.0 Å². The van der Waals surface area contributed by atoms with Gasteiger partial charge in [0.05, 0.1) is 5.69 Å². The molecule has 0 bridgehead atoms. The molecule has 100 valence electrons. The molecule has 3 N–H and O–H groups in total. The molecule has 3 nitrogen and oxygen atoms in total. The fourth-order valence-electron chi connectivity index (χ4n) is 1.85. The van der Waals surface area contributed by atoms with Crippen LogP contribution in [-0.4, -0.2) is 16.0 Å². The summed E-state index contributed by atoms with van der Waals surface area (Å²) < 4.78 is 0. The van der Waals surface area contributed by atoms with E-state index in [-0.39, 0.29) is 0 Å². The molecule has 0 fully saturated rings. The number of thiocarbonyl (C=S) groups is 1. The number of pyridine rings is 1. The Bertz CT molecular complexity index is 379. The molecule has 0 aliphatic heterocycles. The van der Waals surface area contributed by atoms with E-state index in [9.17, 15) is 0 Å². The highest BCUT2D eigenvalue weighted by Gasteiger charge is 2.04. The first-order valence-electron chi connectivity index (χ1n) is 6.67. The van der Waals surface area contributed by atoms with Crippen molar-refractivity contribution in [1.82, 2.24) is 4.98 Å². The highest BCUT2D eigenvalue weighted by atomic mass is 32.1. The lowest BCUT2D eigenvalue weighted by atomic mass is 10.1. The topological polar surface area (TPSA) is 50.9 Å². The molecular weight excluding hydrogens is 242 g/mol. The predicted octanol–water partition coefficient (Wildman–Crippen LogP) is 3.49. The maximum atomic E-state index is 5.57. The Hall–Kier alpha value is -1.16. The van der Waals surface area contributed by atoms with Gasteiger partial charge in [0.1, 0.15) is 10.8 Å². The van der Waals surface area contributed by atoms with E-state index in [0.717, 1.165) is 5.82 Å². The van der Waals surface area contributed by atoms with E-state index in [1.807, 2.05) is 18.2 Å². The molecule has 1 aromatic rings. The zero-order chi connectivity index (χ0) is 13.4. The SMILES string of the molecule is CCCCCCC(C)Nc1cccc(C(N)=S)n1. The molecule has 0 amide bonds. The lowest BCUT2D eigenvalue weighted by Crippen LogP contribution is -2.18. The van der Waals surface area contributed by atoms with E-state index in [0.29, 0.717) is 16.7 Å². The van der Waals surface area contributed by atoms with Crippen molar-refractivity contribution in [3.8, 4) is 0 Å². The summed E-state index contributed by atoms with van der Waals surface area (Å²) in [5, 5.41) is 3.39. The molecule has 1 atom stereocenters. The van der Waals surface area contributed by atoms with E-state index >= 15 is 0 Å². The van der Waals surface area contributed by atoms with Crippen molar-refractivity contribution in [3.05, 3.63) is 23.9 Å². The number of rotatable bonds is 8. The van der Waals surface area contributed by atoms with Gasteiger partial charge in [0.15, 0.2) is 0 Å². The van der Waals surface area contributed by atoms with Crippen LogP contribution < -0.4 is 11.1 Å². The Kier molecular flexibility index (Phi) is 6.65. The Labute approximate surface area is 115 Å². The van der Waals surface area contributed by atoms with Crippen LogP contribution >= 0.6 is 12.2 Å². The molecule has 18 heavy (non-hydrogen) atoms. The highest BCUT2D eigenvalue weighted by Crippen LogP contribution is 2.11. The van der Waals surface area contributed by atoms with E-state index < -0.39 is 0 Å². The molecule has 4 heteroatoms. The van der Waals surface area contributed by atoms with Crippen LogP contribution in [0.3, 0.4) is 0 Å². The van der Waals surface area contributed by atoms with Crippen LogP contribution in [-0.2, 0) is 0 Å². The van der Waals surface area contributed by atoms with Crippen LogP contribution in [0.15, 0.2) is 18.2 Å². The van der Waals surface area contributed by atoms with Gasteiger partial charge in [-0.15, -0.1) is 0 Å². The van der Waals surface area contributed by atoms with Gasteiger partial charge < -0.3 is 11.1 Å². The van der Waals surface area contributed by atoms with Crippen molar-refractivity contribution in [2.24, 2.45) is 5.73 Å². The van der Waals surface area contributed by atoms with E-state index in [2.05, 4.69) is 24.1 Å². The lowest BCUT2D eigenvalue weighted by molar-refractivity contribution is 0.593. The van der Waals surface area contributed by atoms with Gasteiger partial charge in [0.2, 0.25) is 0 Å². The Morgan fingerprint density at radius 2 is 2.17 bits per heavy atom. The van der Waals surface area contributed by atoms with E-state index in [4.69, 9.17) is 18.0 Å². The molecule has 0 aromatic carbocycles. The first-order chi connectivity index (χ1) is 8.63. The molecule has 0 saturated heterocycles. The van der Waals surface area contributed by atoms with Crippen molar-refractivity contribution < 1.29 is 0 Å². The molecular formula is C14H23N3S. The van der Waals surface area contributed by atoms with E-state index in [1.54, 1.807) is 0 Å². The third-order valence-electron chi connectivity index (χ3n) is 2.89. The Morgan fingerprint density at radius 1 is 1.39 bits per heavy atom. The first-order valence-corrected chi connectivity index (χ1v) is 7.07. The minimum atomic E-state index is 0.342. The fourth-order valence-corrected chi connectivity index (χ4v) is 1.97. The van der Waals surface area contributed by atoms with E-state index in [1.165, 1.54) is 32.1 Å². The van der Waals surface area contributed by atoms with Crippen LogP contribution in [0.4, 0.5) is 5.82 Å². The average Bonchev–Trinajstić information content (AvgIpc) is 2.35. The summed E-state index contributed by atoms with van der Waals surface area (Å²) in [5.74, 6) is 0.850. The van der Waals surface area contributed by atoms with Gasteiger partial charge in [-0.3, -0.25) is 0 Å². The van der Waals surface area contributed by atoms with Gasteiger partial charge in [-0.1, -0.05) is 50.9 Å². The summed E-state index contributed by atoms with van der Waals surface area (Å²) in [5.41, 5.74) is 6.24. The zero-order valence-corrected chi connectivity index (χ0v) is 12.1. The monoisotopic (exact) mass is 265 g/mol. The molecule has 0 saturated carbocycles. The van der Waals surface area contributed by atoms with Gasteiger partial charge in [0.25, 0.3) is 0 Å². The minimum Gasteiger partial charge on any atom is -0.388 e. The van der Waals surface area contributed by atoms with Crippen molar-refractivity contribution in [1.29, 1.82) is 0 Å². The lowest BCUT2D eigenvalue weighted by Gasteiger charge is -2.14. The molecule has 0 aliphatic rings. The summed E-state index contributed by atoms with van der Waals surface area (Å²) in [6.07, 6.45) is 6.33. The number of hydrogen-bond acceptors (Lipinski definition) is 3. The van der Waals surface area contributed by atoms with Gasteiger partial charge in [0, 0.05) is 6.04 Å². The molecule has 0 spiro atoms. The minimum absolute atomic E-state index is 0.342. The van der Waals surface area contributed by atoms with Crippen LogP contribution in [0.2, 0.25) is 0 Å². The summed E-state index contributed by atoms with van der Waals surface area (Å²) >= 11 is 4.92. The number of anilines is 1. The number of nitrogens with two attached hydrogens (primary N) is 1. The maximum absolute atomic E-state index is 5.57. The number of aromatic nitrogens is 1. The van der Waals surface area contributed by atoms with Gasteiger partial charge in [-0.2, -0.15) is 0 Å². The molecule has 0 aliphatic carbocycles. The second-order valence-electron chi connectivity index (χ2n) is 4.67. The molecule has 1 rings (SSSR count). The Balaban J connectivity index is 2.41. The third-order valence-corrected chi connectivity index (χ3v) is 3.10. The molecule has 0 radical (unpaired) electrons. The number of hydrogen-bond donors (Lipinski definition) is 2. The van der Waals surface area contributed by atoms with Crippen molar-refractivity contribution in [3.63, 3.8) is 0 Å². The van der Waals surface area contributed by atoms with Gasteiger partial charge in [-0.25, -0.2) is 4.98 Å². The summed E-state index contributed by atoms with van der Waals surface area (Å²) in [4.78, 5) is 4.72. The fraction of sp³-hybridized carbons (Fsp3) is 0.571. The van der Waals surface area contributed by atoms with Crippen molar-refractivity contribution in [2.75, 3.05) is 5.32 Å². The quantitative estimate of drug-likeness (QED) is 0.558. The van der Waals surface area contributed by atoms with Gasteiger partial charge in [-0.05, 0) is 25.5 Å². The van der Waals surface area contributed by atoms with Crippen LogP contribution in [0, 0.1) is 0 Å². The number of nitrogens with zero attached hydrogens (tertiary/aromatic N) is 1. The maximum Gasteiger partial charge on any atom is 0.126 e. The second-order valence-corrected chi connectivity index (χ2v) is 5.11. The van der Waals surface area contributed by atoms with Crippen LogP contribution in [0.5, 0.6) is 0 Å². The summed E-state index contributed by atoms with van der Waals surface area (Å²) in [6, 6.07) is 6.13. The van der Waals surface area contributed by atoms with Gasteiger partial charge >= 0.3 is 0 Å². The second kappa shape index (κ2) is 8.03. The highest BCUT2D eigenvalue weighted by molar-refractivity contribution is 7.80. The smallest absolute Gasteiger partial charge is 0.126 e. The molecule has 1 heterocycles. The predicted molar refractivity (Wildman–Crippen MR) is 82.0 cm³/mol. The molecule has 1 unspecified atom stereocenters. The number of unbranched alkanes of at least 4 members (excludes halogenated alkanes) is 3. The standard InChI is InChI=1S/C14H23N3S/c1-3-4-5-6-8-11(2)16-13-10-7-9-12(17-13)14(15)18/h7,9-11H,3-6,8H2,1-2H3,(H2,15,18)(H,16,17). The third kappa shape index (κ3) is 5.45.